The standard InChI is InChI=1S/C16H17N3O3S2/c20-15(11-23-16-17-8-4-9-18-16)19(13-5-2-1-3-6-13)14-7-10-24(21,22)12-14/h1-6,8-9,14H,7,10-12H2. The van der Waals surface area contributed by atoms with Gasteiger partial charge in [0.2, 0.25) is 5.91 Å². The van der Waals surface area contributed by atoms with Gasteiger partial charge in [0.1, 0.15) is 0 Å². The lowest BCUT2D eigenvalue weighted by molar-refractivity contribution is -0.116. The van der Waals surface area contributed by atoms with Gasteiger partial charge in [-0.25, -0.2) is 18.4 Å². The quantitative estimate of drug-likeness (QED) is 0.595. The first-order chi connectivity index (χ1) is 11.6. The van der Waals surface area contributed by atoms with E-state index in [0.29, 0.717) is 11.6 Å². The zero-order valence-corrected chi connectivity index (χ0v) is 14.5. The molecule has 2 heterocycles. The molecule has 6 nitrogen and oxygen atoms in total. The number of amides is 1. The molecule has 1 aromatic carbocycles. The van der Waals surface area contributed by atoms with Crippen LogP contribution in [0.3, 0.4) is 0 Å². The Labute approximate surface area is 145 Å². The molecule has 0 radical (unpaired) electrons. The summed E-state index contributed by atoms with van der Waals surface area (Å²) < 4.78 is 23.6. The Morgan fingerprint density at radius 3 is 2.50 bits per heavy atom. The number of nitrogens with zero attached hydrogens (tertiary/aromatic N) is 3. The lowest BCUT2D eigenvalue weighted by atomic mass is 10.2. The molecule has 1 saturated heterocycles. The van der Waals surface area contributed by atoms with Gasteiger partial charge in [-0.15, -0.1) is 0 Å². The van der Waals surface area contributed by atoms with Gasteiger partial charge >= 0.3 is 0 Å². The number of benzene rings is 1. The highest BCUT2D eigenvalue weighted by atomic mass is 32.2. The molecule has 1 aliphatic rings. The number of para-hydroxylation sites is 1. The van der Waals surface area contributed by atoms with Crippen LogP contribution in [0.2, 0.25) is 0 Å². The van der Waals surface area contributed by atoms with Crippen LogP contribution in [0.25, 0.3) is 0 Å². The van der Waals surface area contributed by atoms with Crippen LogP contribution in [0, 0.1) is 0 Å². The highest BCUT2D eigenvalue weighted by molar-refractivity contribution is 7.99. The van der Waals surface area contributed by atoms with Crippen LogP contribution < -0.4 is 4.90 Å². The number of rotatable bonds is 5. The zero-order valence-electron chi connectivity index (χ0n) is 12.9. The second-order valence-electron chi connectivity index (χ2n) is 5.48. The summed E-state index contributed by atoms with van der Waals surface area (Å²) in [7, 11) is -3.07. The van der Waals surface area contributed by atoms with Crippen LogP contribution in [0.4, 0.5) is 5.69 Å². The first-order valence-corrected chi connectivity index (χ1v) is 10.3. The van der Waals surface area contributed by atoms with Crippen LogP contribution in [-0.2, 0) is 14.6 Å². The van der Waals surface area contributed by atoms with Crippen molar-refractivity contribution in [3.8, 4) is 0 Å². The Kier molecular flexibility index (Phi) is 5.15. The molecule has 1 aliphatic heterocycles. The van der Waals surface area contributed by atoms with E-state index in [2.05, 4.69) is 9.97 Å². The number of hydrogen-bond donors (Lipinski definition) is 0. The number of carbonyl (C=O) groups is 1. The Morgan fingerprint density at radius 2 is 1.88 bits per heavy atom. The van der Waals surface area contributed by atoms with Crippen molar-refractivity contribution in [3.05, 3.63) is 48.8 Å². The highest BCUT2D eigenvalue weighted by Crippen LogP contribution is 2.26. The molecule has 8 heteroatoms. The summed E-state index contributed by atoms with van der Waals surface area (Å²) in [5.74, 6) is 0.166. The van der Waals surface area contributed by atoms with Crippen molar-refractivity contribution in [3.63, 3.8) is 0 Å². The molecule has 0 bridgehead atoms. The van der Waals surface area contributed by atoms with E-state index in [9.17, 15) is 13.2 Å². The van der Waals surface area contributed by atoms with Gasteiger partial charge in [-0.1, -0.05) is 30.0 Å². The number of hydrogen-bond acceptors (Lipinski definition) is 6. The number of anilines is 1. The minimum atomic E-state index is -3.07. The first kappa shape index (κ1) is 16.9. The third-order valence-electron chi connectivity index (χ3n) is 3.74. The summed E-state index contributed by atoms with van der Waals surface area (Å²) in [6.45, 7) is 0. The molecule has 2 aromatic rings. The van der Waals surface area contributed by atoms with Crippen molar-refractivity contribution >= 4 is 33.2 Å². The second-order valence-corrected chi connectivity index (χ2v) is 8.65. The molecule has 0 N–H and O–H groups in total. The van der Waals surface area contributed by atoms with E-state index in [1.165, 1.54) is 11.8 Å². The molecule has 1 amide bonds. The van der Waals surface area contributed by atoms with Crippen molar-refractivity contribution in [1.29, 1.82) is 0 Å². The maximum atomic E-state index is 12.8. The monoisotopic (exact) mass is 363 g/mol. The Hall–Kier alpha value is -1.93. The van der Waals surface area contributed by atoms with Crippen LogP contribution >= 0.6 is 11.8 Å². The van der Waals surface area contributed by atoms with Gasteiger partial charge in [0, 0.05) is 18.1 Å². The molecule has 126 valence electrons. The molecule has 1 unspecified atom stereocenters. The van der Waals surface area contributed by atoms with Gasteiger partial charge in [-0.3, -0.25) is 4.79 Å². The SMILES string of the molecule is O=C(CSc1ncccn1)N(c1ccccc1)C1CCS(=O)(=O)C1. The van der Waals surface area contributed by atoms with E-state index >= 15 is 0 Å². The number of carbonyl (C=O) groups excluding carboxylic acids is 1. The first-order valence-electron chi connectivity index (χ1n) is 7.52. The van der Waals surface area contributed by atoms with E-state index in [1.54, 1.807) is 23.4 Å². The Morgan fingerprint density at radius 1 is 1.17 bits per heavy atom. The fourth-order valence-corrected chi connectivity index (χ4v) is 5.04. The summed E-state index contributed by atoms with van der Waals surface area (Å²) >= 11 is 1.25. The largest absolute Gasteiger partial charge is 0.308 e. The average Bonchev–Trinajstić information content (AvgIpc) is 2.95. The van der Waals surface area contributed by atoms with Crippen LogP contribution in [0.15, 0.2) is 53.9 Å². The third-order valence-corrected chi connectivity index (χ3v) is 6.35. The molecule has 0 aliphatic carbocycles. The van der Waals surface area contributed by atoms with Crippen molar-refractivity contribution in [2.75, 3.05) is 22.2 Å². The summed E-state index contributed by atoms with van der Waals surface area (Å²) in [6, 6.07) is 10.6. The van der Waals surface area contributed by atoms with Crippen molar-refractivity contribution in [1.82, 2.24) is 9.97 Å². The summed E-state index contributed by atoms with van der Waals surface area (Å²) in [5, 5.41) is 0.526. The van der Waals surface area contributed by atoms with Crippen molar-refractivity contribution < 1.29 is 13.2 Å². The highest BCUT2D eigenvalue weighted by Gasteiger charge is 2.35. The molecule has 0 spiro atoms. The van der Waals surface area contributed by atoms with Gasteiger partial charge in [0.05, 0.1) is 23.3 Å². The molecule has 24 heavy (non-hydrogen) atoms. The van der Waals surface area contributed by atoms with Crippen molar-refractivity contribution in [2.24, 2.45) is 0 Å². The van der Waals surface area contributed by atoms with E-state index in [1.807, 2.05) is 30.3 Å². The zero-order chi connectivity index (χ0) is 17.0. The maximum Gasteiger partial charge on any atom is 0.237 e. The topological polar surface area (TPSA) is 80.2 Å². The number of thioether (sulfide) groups is 1. The van der Waals surface area contributed by atoms with E-state index in [4.69, 9.17) is 0 Å². The van der Waals surface area contributed by atoms with Gasteiger partial charge in [0.25, 0.3) is 0 Å². The number of aromatic nitrogens is 2. The van der Waals surface area contributed by atoms with E-state index in [0.717, 1.165) is 5.69 Å². The van der Waals surface area contributed by atoms with Crippen molar-refractivity contribution in [2.45, 2.75) is 17.6 Å². The maximum absolute atomic E-state index is 12.8. The number of sulfone groups is 1. The Bertz CT molecular complexity index is 798. The lowest BCUT2D eigenvalue weighted by Gasteiger charge is -2.28. The van der Waals surface area contributed by atoms with Gasteiger partial charge in [-0.05, 0) is 24.6 Å². The minimum absolute atomic E-state index is 0.0140. The fourth-order valence-electron chi connectivity index (χ4n) is 2.68. The van der Waals surface area contributed by atoms with Gasteiger partial charge in [-0.2, -0.15) is 0 Å². The molecular formula is C16H17N3O3S2. The van der Waals surface area contributed by atoms with Crippen LogP contribution in [-0.4, -0.2) is 47.6 Å². The van der Waals surface area contributed by atoms with Gasteiger partial charge < -0.3 is 4.90 Å². The Balaban J connectivity index is 1.78. The summed E-state index contributed by atoms with van der Waals surface area (Å²) in [6.07, 6.45) is 3.71. The van der Waals surface area contributed by atoms with Gasteiger partial charge in [0.15, 0.2) is 15.0 Å². The average molecular weight is 363 g/mol. The second kappa shape index (κ2) is 7.31. The predicted molar refractivity (Wildman–Crippen MR) is 93.7 cm³/mol. The fraction of sp³-hybridized carbons (Fsp3) is 0.312. The summed E-state index contributed by atoms with van der Waals surface area (Å²) in [5.41, 5.74) is 0.721. The normalized spacial score (nSPS) is 19.1. The van der Waals surface area contributed by atoms with E-state index in [-0.39, 0.29) is 29.2 Å². The molecule has 0 saturated carbocycles. The summed E-state index contributed by atoms with van der Waals surface area (Å²) in [4.78, 5) is 22.6. The van der Waals surface area contributed by atoms with Crippen LogP contribution in [0.5, 0.6) is 0 Å². The molecule has 1 fully saturated rings. The molecule has 1 atom stereocenters. The molecule has 1 aromatic heterocycles. The molecule has 3 rings (SSSR count). The molecular weight excluding hydrogens is 346 g/mol. The smallest absolute Gasteiger partial charge is 0.237 e. The lowest BCUT2D eigenvalue weighted by Crippen LogP contribution is -2.42. The van der Waals surface area contributed by atoms with E-state index < -0.39 is 9.84 Å². The minimum Gasteiger partial charge on any atom is -0.308 e. The van der Waals surface area contributed by atoms with Crippen LogP contribution in [0.1, 0.15) is 6.42 Å². The third kappa shape index (κ3) is 4.12. The predicted octanol–water partition coefficient (Wildman–Crippen LogP) is 1.79.